The molecule has 1 heterocycles. The minimum atomic E-state index is -3.42. The van der Waals surface area contributed by atoms with E-state index in [-0.39, 0.29) is 18.6 Å². The van der Waals surface area contributed by atoms with Gasteiger partial charge in [-0.1, -0.05) is 60.7 Å². The van der Waals surface area contributed by atoms with Crippen molar-refractivity contribution in [3.8, 4) is 0 Å². The lowest BCUT2D eigenvalue weighted by molar-refractivity contribution is -0.119. The molecular formula is C17H16O3S. The Morgan fingerprint density at radius 1 is 0.714 bits per heavy atom. The molecule has 1 aliphatic heterocycles. The molecule has 3 rings (SSSR count). The van der Waals surface area contributed by atoms with Crippen molar-refractivity contribution >= 4 is 15.6 Å². The van der Waals surface area contributed by atoms with Crippen LogP contribution in [-0.4, -0.2) is 14.2 Å². The molecule has 1 aliphatic rings. The molecule has 0 unspecified atom stereocenters. The number of Topliss-reactive ketones (excluding diaryl/α,β-unsaturated/α-hetero) is 1. The number of hydrogen-bond acceptors (Lipinski definition) is 3. The first kappa shape index (κ1) is 14.0. The Kier molecular flexibility index (Phi) is 3.64. The molecule has 1 fully saturated rings. The van der Waals surface area contributed by atoms with Gasteiger partial charge in [0, 0.05) is 12.8 Å². The average molecular weight is 300 g/mol. The van der Waals surface area contributed by atoms with Crippen molar-refractivity contribution in [1.82, 2.24) is 0 Å². The zero-order valence-electron chi connectivity index (χ0n) is 11.5. The lowest BCUT2D eigenvalue weighted by Crippen LogP contribution is -2.30. The molecule has 2 aromatic rings. The van der Waals surface area contributed by atoms with Gasteiger partial charge in [-0.15, -0.1) is 0 Å². The summed E-state index contributed by atoms with van der Waals surface area (Å²) in [6, 6.07) is 18.0. The largest absolute Gasteiger partial charge is 0.300 e. The number of ketones is 1. The molecule has 3 nitrogen and oxygen atoms in total. The second-order valence-electron chi connectivity index (χ2n) is 5.33. The van der Waals surface area contributed by atoms with Gasteiger partial charge in [-0.05, 0) is 11.1 Å². The van der Waals surface area contributed by atoms with Crippen molar-refractivity contribution < 1.29 is 13.2 Å². The SMILES string of the molecule is O=C1C[C@H](c2ccccc2)S(=O)(=O)[C@H](c2ccccc2)C1. The molecule has 0 saturated carbocycles. The maximum absolute atomic E-state index is 12.9. The highest BCUT2D eigenvalue weighted by molar-refractivity contribution is 7.92. The van der Waals surface area contributed by atoms with E-state index in [2.05, 4.69) is 0 Å². The monoisotopic (exact) mass is 300 g/mol. The van der Waals surface area contributed by atoms with Gasteiger partial charge in [0.05, 0.1) is 10.5 Å². The van der Waals surface area contributed by atoms with E-state index in [9.17, 15) is 13.2 Å². The minimum Gasteiger partial charge on any atom is -0.300 e. The third kappa shape index (κ3) is 2.63. The van der Waals surface area contributed by atoms with Crippen LogP contribution in [0.4, 0.5) is 0 Å². The van der Waals surface area contributed by atoms with Gasteiger partial charge in [0.15, 0.2) is 9.84 Å². The van der Waals surface area contributed by atoms with Crippen LogP contribution in [0.5, 0.6) is 0 Å². The van der Waals surface area contributed by atoms with Gasteiger partial charge in [0.25, 0.3) is 0 Å². The maximum atomic E-state index is 12.9. The Morgan fingerprint density at radius 3 is 1.48 bits per heavy atom. The van der Waals surface area contributed by atoms with Gasteiger partial charge in [-0.25, -0.2) is 8.42 Å². The molecule has 21 heavy (non-hydrogen) atoms. The number of rotatable bonds is 2. The van der Waals surface area contributed by atoms with E-state index in [0.29, 0.717) is 11.1 Å². The van der Waals surface area contributed by atoms with Crippen molar-refractivity contribution in [1.29, 1.82) is 0 Å². The summed E-state index contributed by atoms with van der Waals surface area (Å²) in [5.41, 5.74) is 1.40. The molecule has 2 atom stereocenters. The normalized spacial score (nSPS) is 24.7. The summed E-state index contributed by atoms with van der Waals surface area (Å²) in [5, 5.41) is -1.46. The number of benzene rings is 2. The summed E-state index contributed by atoms with van der Waals surface area (Å²) in [7, 11) is -3.42. The molecule has 0 N–H and O–H groups in total. The molecule has 0 radical (unpaired) electrons. The standard InChI is InChI=1S/C17H16O3S/c18-15-11-16(13-7-3-1-4-8-13)21(19,20)17(12-15)14-9-5-2-6-10-14/h1-10,16-17H,11-12H2/t16-,17+. The van der Waals surface area contributed by atoms with E-state index in [1.807, 2.05) is 36.4 Å². The predicted molar refractivity (Wildman–Crippen MR) is 81.5 cm³/mol. The Labute approximate surface area is 124 Å². The van der Waals surface area contributed by atoms with Crippen LogP contribution in [0.3, 0.4) is 0 Å². The number of sulfone groups is 1. The Balaban J connectivity index is 2.06. The molecule has 0 aromatic heterocycles. The third-order valence-corrected chi connectivity index (χ3v) is 6.43. The van der Waals surface area contributed by atoms with Gasteiger partial charge in [0.2, 0.25) is 0 Å². The van der Waals surface area contributed by atoms with Crippen LogP contribution in [0.2, 0.25) is 0 Å². The van der Waals surface area contributed by atoms with Gasteiger partial charge in [0.1, 0.15) is 5.78 Å². The fourth-order valence-electron chi connectivity index (χ4n) is 2.88. The second kappa shape index (κ2) is 5.45. The second-order valence-corrected chi connectivity index (χ2v) is 7.65. The van der Waals surface area contributed by atoms with E-state index in [1.165, 1.54) is 0 Å². The first-order valence-electron chi connectivity index (χ1n) is 6.93. The van der Waals surface area contributed by atoms with Crippen LogP contribution in [0, 0.1) is 0 Å². The quantitative estimate of drug-likeness (QED) is 0.855. The van der Waals surface area contributed by atoms with Crippen molar-refractivity contribution in [3.63, 3.8) is 0 Å². The summed E-state index contributed by atoms with van der Waals surface area (Å²) in [4.78, 5) is 12.1. The number of carbonyl (C=O) groups is 1. The van der Waals surface area contributed by atoms with Crippen LogP contribution < -0.4 is 0 Å². The van der Waals surface area contributed by atoms with Crippen molar-refractivity contribution in [2.45, 2.75) is 23.3 Å². The lowest BCUT2D eigenvalue weighted by atomic mass is 10.0. The number of carbonyl (C=O) groups excluding carboxylic acids is 1. The molecule has 1 saturated heterocycles. The average Bonchev–Trinajstić information content (AvgIpc) is 2.51. The van der Waals surface area contributed by atoms with E-state index < -0.39 is 20.3 Å². The van der Waals surface area contributed by atoms with Crippen LogP contribution in [0.25, 0.3) is 0 Å². The zero-order valence-corrected chi connectivity index (χ0v) is 12.3. The molecule has 0 bridgehead atoms. The fraction of sp³-hybridized carbons (Fsp3) is 0.235. The molecule has 0 amide bonds. The van der Waals surface area contributed by atoms with Crippen LogP contribution >= 0.6 is 0 Å². The highest BCUT2D eigenvalue weighted by Gasteiger charge is 2.42. The lowest BCUT2D eigenvalue weighted by Gasteiger charge is -2.29. The summed E-state index contributed by atoms with van der Waals surface area (Å²) in [6.07, 6.45) is 0.158. The Morgan fingerprint density at radius 2 is 1.10 bits per heavy atom. The summed E-state index contributed by atoms with van der Waals surface area (Å²) in [5.74, 6) is 0.00697. The van der Waals surface area contributed by atoms with E-state index in [4.69, 9.17) is 0 Å². The topological polar surface area (TPSA) is 51.2 Å². The van der Waals surface area contributed by atoms with Gasteiger partial charge in [-0.3, -0.25) is 4.79 Å². The van der Waals surface area contributed by atoms with Gasteiger partial charge in [-0.2, -0.15) is 0 Å². The molecular weight excluding hydrogens is 284 g/mol. The van der Waals surface area contributed by atoms with Crippen molar-refractivity contribution in [2.75, 3.05) is 0 Å². The van der Waals surface area contributed by atoms with Crippen molar-refractivity contribution in [3.05, 3.63) is 71.8 Å². The highest BCUT2D eigenvalue weighted by Crippen LogP contribution is 2.42. The van der Waals surface area contributed by atoms with Gasteiger partial charge < -0.3 is 0 Å². The minimum absolute atomic E-state index is 0.00697. The summed E-state index contributed by atoms with van der Waals surface area (Å²) in [6.45, 7) is 0. The Bertz CT molecular complexity index is 679. The smallest absolute Gasteiger partial charge is 0.165 e. The maximum Gasteiger partial charge on any atom is 0.165 e. The molecule has 108 valence electrons. The van der Waals surface area contributed by atoms with Crippen LogP contribution in [0.1, 0.15) is 34.5 Å². The van der Waals surface area contributed by atoms with E-state index in [0.717, 1.165) is 0 Å². The van der Waals surface area contributed by atoms with E-state index in [1.54, 1.807) is 24.3 Å². The predicted octanol–water partition coefficient (Wildman–Crippen LogP) is 3.25. The molecule has 0 spiro atoms. The molecule has 2 aromatic carbocycles. The number of hydrogen-bond donors (Lipinski definition) is 0. The first-order chi connectivity index (χ1) is 10.1. The molecule has 0 aliphatic carbocycles. The fourth-order valence-corrected chi connectivity index (χ4v) is 5.18. The van der Waals surface area contributed by atoms with Gasteiger partial charge >= 0.3 is 0 Å². The zero-order chi connectivity index (χ0) is 14.9. The molecule has 4 heteroatoms. The summed E-state index contributed by atoms with van der Waals surface area (Å²) < 4.78 is 25.8. The Hall–Kier alpha value is -1.94. The third-order valence-electron chi connectivity index (χ3n) is 3.96. The van der Waals surface area contributed by atoms with E-state index >= 15 is 0 Å². The van der Waals surface area contributed by atoms with Crippen LogP contribution in [0.15, 0.2) is 60.7 Å². The van der Waals surface area contributed by atoms with Crippen molar-refractivity contribution in [2.24, 2.45) is 0 Å². The summed E-state index contributed by atoms with van der Waals surface area (Å²) >= 11 is 0. The highest BCUT2D eigenvalue weighted by atomic mass is 32.2. The van der Waals surface area contributed by atoms with Crippen LogP contribution in [-0.2, 0) is 14.6 Å². The first-order valence-corrected chi connectivity index (χ1v) is 8.54.